The number of furan rings is 1. The number of aromatic hydroxyl groups is 1. The third-order valence-corrected chi connectivity index (χ3v) is 5.19. The van der Waals surface area contributed by atoms with E-state index < -0.39 is 0 Å². The van der Waals surface area contributed by atoms with Gasteiger partial charge >= 0.3 is 0 Å². The van der Waals surface area contributed by atoms with Crippen molar-refractivity contribution in [2.75, 3.05) is 5.32 Å². The molecule has 0 aliphatic heterocycles. The minimum absolute atomic E-state index is 0.0429. The summed E-state index contributed by atoms with van der Waals surface area (Å²) >= 11 is 0. The summed E-state index contributed by atoms with van der Waals surface area (Å²) in [6, 6.07) is 26.2. The number of amides is 1. The number of ketones is 1. The topological polar surface area (TPSA) is 79.5 Å². The summed E-state index contributed by atoms with van der Waals surface area (Å²) in [4.78, 5) is 26.2. The SMILES string of the molecule is O=C(Nc1c(C(=O)c2ccc(O)cc2)oc2ccc3ccccc3c12)c1ccccc1. The van der Waals surface area contributed by atoms with Gasteiger partial charge in [0.05, 0.1) is 5.39 Å². The molecule has 5 aromatic rings. The van der Waals surface area contributed by atoms with Gasteiger partial charge in [-0.2, -0.15) is 0 Å². The van der Waals surface area contributed by atoms with Crippen molar-refractivity contribution in [2.45, 2.75) is 0 Å². The van der Waals surface area contributed by atoms with E-state index in [9.17, 15) is 14.7 Å². The summed E-state index contributed by atoms with van der Waals surface area (Å²) < 4.78 is 5.96. The van der Waals surface area contributed by atoms with E-state index in [0.717, 1.165) is 10.8 Å². The van der Waals surface area contributed by atoms with Gasteiger partial charge in [-0.3, -0.25) is 9.59 Å². The molecule has 0 atom stereocenters. The molecule has 5 rings (SSSR count). The first-order valence-corrected chi connectivity index (χ1v) is 9.76. The molecule has 1 amide bonds. The standard InChI is InChI=1S/C26H17NO4/c28-19-13-10-17(11-14-19)24(29)25-23(27-26(30)18-7-2-1-3-8-18)22-20-9-5-4-6-16(20)12-15-21(22)31-25/h1-15,28H,(H,27,30). The summed E-state index contributed by atoms with van der Waals surface area (Å²) in [5.41, 5.74) is 1.65. The molecular weight excluding hydrogens is 390 g/mol. The van der Waals surface area contributed by atoms with Crippen molar-refractivity contribution in [2.24, 2.45) is 0 Å². The number of hydrogen-bond donors (Lipinski definition) is 2. The number of phenols is 1. The van der Waals surface area contributed by atoms with Crippen LogP contribution in [0.3, 0.4) is 0 Å². The molecular formula is C26H17NO4. The molecule has 0 aliphatic carbocycles. The number of nitrogens with one attached hydrogen (secondary N) is 1. The number of rotatable bonds is 4. The van der Waals surface area contributed by atoms with E-state index in [4.69, 9.17) is 4.42 Å². The second-order valence-electron chi connectivity index (χ2n) is 7.16. The Hall–Kier alpha value is -4.38. The van der Waals surface area contributed by atoms with Crippen molar-refractivity contribution in [1.82, 2.24) is 0 Å². The molecule has 1 heterocycles. The van der Waals surface area contributed by atoms with E-state index >= 15 is 0 Å². The van der Waals surface area contributed by atoms with Gasteiger partial charge in [-0.05, 0) is 53.2 Å². The first-order valence-electron chi connectivity index (χ1n) is 9.76. The van der Waals surface area contributed by atoms with Crippen molar-refractivity contribution in [3.63, 3.8) is 0 Å². The first kappa shape index (κ1) is 18.6. The lowest BCUT2D eigenvalue weighted by Gasteiger charge is -2.07. The highest BCUT2D eigenvalue weighted by Gasteiger charge is 2.25. The first-order chi connectivity index (χ1) is 15.1. The van der Waals surface area contributed by atoms with Crippen LogP contribution in [-0.2, 0) is 0 Å². The molecule has 0 saturated heterocycles. The van der Waals surface area contributed by atoms with Crippen LogP contribution in [0.1, 0.15) is 26.5 Å². The van der Waals surface area contributed by atoms with Gasteiger partial charge in [0.1, 0.15) is 17.0 Å². The van der Waals surface area contributed by atoms with E-state index in [1.165, 1.54) is 24.3 Å². The average Bonchev–Trinajstić information content (AvgIpc) is 3.18. The monoisotopic (exact) mass is 407 g/mol. The Labute approximate surface area is 177 Å². The molecule has 0 unspecified atom stereocenters. The Morgan fingerprint density at radius 3 is 2.23 bits per heavy atom. The maximum atomic E-state index is 13.3. The van der Waals surface area contributed by atoms with Crippen molar-refractivity contribution in [1.29, 1.82) is 0 Å². The lowest BCUT2D eigenvalue weighted by molar-refractivity contribution is 0.101. The molecule has 0 radical (unpaired) electrons. The van der Waals surface area contributed by atoms with Crippen LogP contribution in [0.5, 0.6) is 5.75 Å². The normalized spacial score (nSPS) is 11.0. The van der Waals surface area contributed by atoms with Crippen molar-refractivity contribution in [3.8, 4) is 5.75 Å². The Bertz CT molecular complexity index is 1430. The Balaban J connectivity index is 1.71. The molecule has 2 N–H and O–H groups in total. The molecule has 150 valence electrons. The fourth-order valence-electron chi connectivity index (χ4n) is 3.67. The van der Waals surface area contributed by atoms with Gasteiger partial charge in [-0.1, -0.05) is 48.5 Å². The van der Waals surface area contributed by atoms with Crippen LogP contribution in [0.2, 0.25) is 0 Å². The largest absolute Gasteiger partial charge is 0.508 e. The predicted octanol–water partition coefficient (Wildman–Crippen LogP) is 5.77. The Morgan fingerprint density at radius 1 is 0.742 bits per heavy atom. The van der Waals surface area contributed by atoms with Gasteiger partial charge in [0, 0.05) is 11.1 Å². The summed E-state index contributed by atoms with van der Waals surface area (Å²) in [5, 5.41) is 15.0. The van der Waals surface area contributed by atoms with E-state index in [2.05, 4.69) is 5.32 Å². The summed E-state index contributed by atoms with van der Waals surface area (Å²) in [5.74, 6) is -0.620. The lowest BCUT2D eigenvalue weighted by atomic mass is 10.0. The molecule has 5 heteroatoms. The van der Waals surface area contributed by atoms with Gasteiger partial charge in [0.15, 0.2) is 5.76 Å². The maximum absolute atomic E-state index is 13.3. The van der Waals surface area contributed by atoms with E-state index in [-0.39, 0.29) is 23.2 Å². The zero-order valence-electron chi connectivity index (χ0n) is 16.3. The van der Waals surface area contributed by atoms with Gasteiger partial charge < -0.3 is 14.8 Å². The van der Waals surface area contributed by atoms with Gasteiger partial charge in [0.2, 0.25) is 5.78 Å². The number of fused-ring (bicyclic) bond motifs is 3. The van der Waals surface area contributed by atoms with Gasteiger partial charge in [-0.15, -0.1) is 0 Å². The summed E-state index contributed by atoms with van der Waals surface area (Å²) in [6.07, 6.45) is 0. The third-order valence-electron chi connectivity index (χ3n) is 5.19. The number of phenolic OH excluding ortho intramolecular Hbond substituents is 1. The lowest BCUT2D eigenvalue weighted by Crippen LogP contribution is -2.14. The predicted molar refractivity (Wildman–Crippen MR) is 120 cm³/mol. The molecule has 5 nitrogen and oxygen atoms in total. The third kappa shape index (κ3) is 3.32. The zero-order valence-corrected chi connectivity index (χ0v) is 16.3. The highest BCUT2D eigenvalue weighted by atomic mass is 16.3. The van der Waals surface area contributed by atoms with Gasteiger partial charge in [-0.25, -0.2) is 0 Å². The second-order valence-corrected chi connectivity index (χ2v) is 7.16. The van der Waals surface area contributed by atoms with E-state index in [1.54, 1.807) is 30.3 Å². The highest BCUT2D eigenvalue weighted by Crippen LogP contribution is 2.38. The Kier molecular flexibility index (Phi) is 4.49. The van der Waals surface area contributed by atoms with Crippen LogP contribution in [0, 0.1) is 0 Å². The smallest absolute Gasteiger partial charge is 0.255 e. The number of anilines is 1. The molecule has 0 spiro atoms. The van der Waals surface area contributed by atoms with Crippen LogP contribution in [0.4, 0.5) is 5.69 Å². The minimum atomic E-state index is -0.386. The quantitative estimate of drug-likeness (QED) is 0.370. The number of carbonyl (C=O) groups is 2. The molecule has 0 fully saturated rings. The van der Waals surface area contributed by atoms with Crippen molar-refractivity contribution < 1.29 is 19.1 Å². The van der Waals surface area contributed by atoms with Crippen molar-refractivity contribution in [3.05, 3.63) is 108 Å². The molecule has 0 bridgehead atoms. The zero-order chi connectivity index (χ0) is 21.4. The maximum Gasteiger partial charge on any atom is 0.255 e. The molecule has 0 saturated carbocycles. The average molecular weight is 407 g/mol. The van der Waals surface area contributed by atoms with Crippen LogP contribution in [0.25, 0.3) is 21.7 Å². The van der Waals surface area contributed by atoms with E-state index in [0.29, 0.717) is 27.8 Å². The fraction of sp³-hybridized carbons (Fsp3) is 0. The summed E-state index contributed by atoms with van der Waals surface area (Å²) in [7, 11) is 0. The molecule has 31 heavy (non-hydrogen) atoms. The molecule has 4 aromatic carbocycles. The van der Waals surface area contributed by atoms with Crippen LogP contribution < -0.4 is 5.32 Å². The highest BCUT2D eigenvalue weighted by molar-refractivity contribution is 6.23. The Morgan fingerprint density at radius 2 is 1.45 bits per heavy atom. The van der Waals surface area contributed by atoms with Crippen LogP contribution in [0.15, 0.2) is 95.4 Å². The van der Waals surface area contributed by atoms with Crippen LogP contribution >= 0.6 is 0 Å². The van der Waals surface area contributed by atoms with Gasteiger partial charge in [0.25, 0.3) is 5.91 Å². The number of carbonyl (C=O) groups excluding carboxylic acids is 2. The van der Waals surface area contributed by atoms with Crippen molar-refractivity contribution >= 4 is 39.1 Å². The molecule has 1 aromatic heterocycles. The molecule has 0 aliphatic rings. The fourth-order valence-corrected chi connectivity index (χ4v) is 3.67. The van der Waals surface area contributed by atoms with E-state index in [1.807, 2.05) is 36.4 Å². The number of hydrogen-bond acceptors (Lipinski definition) is 4. The number of benzene rings is 4. The minimum Gasteiger partial charge on any atom is -0.508 e. The summed E-state index contributed by atoms with van der Waals surface area (Å²) in [6.45, 7) is 0. The van der Waals surface area contributed by atoms with Crippen LogP contribution in [-0.4, -0.2) is 16.8 Å². The second kappa shape index (κ2) is 7.46.